The van der Waals surface area contributed by atoms with E-state index in [1.807, 2.05) is 6.92 Å². The number of aromatic amines is 1. The number of carbonyl (C=O) groups is 1. The van der Waals surface area contributed by atoms with Crippen molar-refractivity contribution in [2.75, 3.05) is 5.75 Å². The molecule has 106 valence electrons. The number of rotatable bonds is 6. The van der Waals surface area contributed by atoms with E-state index in [1.54, 1.807) is 24.2 Å². The smallest absolute Gasteiger partial charge is 0.221 e. The van der Waals surface area contributed by atoms with E-state index < -0.39 is 0 Å². The van der Waals surface area contributed by atoms with Crippen LogP contribution in [0.15, 0.2) is 41.6 Å². The highest BCUT2D eigenvalue weighted by molar-refractivity contribution is 7.99. The van der Waals surface area contributed by atoms with Crippen LogP contribution >= 0.6 is 11.8 Å². The van der Waals surface area contributed by atoms with Gasteiger partial charge in [-0.2, -0.15) is 0 Å². The van der Waals surface area contributed by atoms with Gasteiger partial charge in [0.2, 0.25) is 5.91 Å². The molecule has 0 saturated heterocycles. The average molecular weight is 289 g/mol. The second-order valence-electron chi connectivity index (χ2n) is 4.68. The molecule has 1 atom stereocenters. The Morgan fingerprint density at radius 1 is 1.40 bits per heavy atom. The van der Waals surface area contributed by atoms with Crippen molar-refractivity contribution in [2.24, 2.45) is 0 Å². The minimum atomic E-state index is -0.0816. The van der Waals surface area contributed by atoms with E-state index in [4.69, 9.17) is 0 Å². The van der Waals surface area contributed by atoms with Gasteiger partial charge in [-0.05, 0) is 26.0 Å². The molecule has 0 aliphatic rings. The van der Waals surface area contributed by atoms with Crippen molar-refractivity contribution in [1.29, 1.82) is 0 Å². The summed E-state index contributed by atoms with van der Waals surface area (Å²) in [6.45, 7) is 3.99. The number of aromatic nitrogens is 2. The van der Waals surface area contributed by atoms with Crippen LogP contribution in [0.5, 0.6) is 0 Å². The zero-order valence-corrected chi connectivity index (χ0v) is 12.5. The molecule has 1 aromatic heterocycles. The molecule has 2 rings (SSSR count). The molecule has 20 heavy (non-hydrogen) atoms. The van der Waals surface area contributed by atoms with Crippen LogP contribution in [0.2, 0.25) is 0 Å². The Morgan fingerprint density at radius 3 is 2.80 bits per heavy atom. The number of amides is 1. The molecule has 4 nitrogen and oxygen atoms in total. The van der Waals surface area contributed by atoms with Gasteiger partial charge < -0.3 is 10.3 Å². The first kappa shape index (κ1) is 14.7. The number of nitrogens with zero attached hydrogens (tertiary/aromatic N) is 1. The molecule has 1 aromatic carbocycles. The lowest BCUT2D eigenvalue weighted by Gasteiger charge is -2.11. The number of imidazole rings is 1. The lowest BCUT2D eigenvalue weighted by Crippen LogP contribution is -2.27. The number of hydrogen-bond acceptors (Lipinski definition) is 3. The van der Waals surface area contributed by atoms with Gasteiger partial charge in [-0.3, -0.25) is 4.79 Å². The van der Waals surface area contributed by atoms with Gasteiger partial charge in [0.05, 0.1) is 6.04 Å². The summed E-state index contributed by atoms with van der Waals surface area (Å²) >= 11 is 1.70. The normalized spacial score (nSPS) is 12.1. The predicted molar refractivity (Wildman–Crippen MR) is 81.7 cm³/mol. The van der Waals surface area contributed by atoms with Crippen LogP contribution in [0.4, 0.5) is 0 Å². The Kier molecular flexibility index (Phi) is 5.24. The molecular weight excluding hydrogens is 270 g/mol. The lowest BCUT2D eigenvalue weighted by molar-refractivity contribution is -0.121. The third-order valence-corrected chi connectivity index (χ3v) is 3.94. The number of thioether (sulfide) groups is 1. The zero-order chi connectivity index (χ0) is 14.4. The van der Waals surface area contributed by atoms with E-state index in [1.165, 1.54) is 10.5 Å². The van der Waals surface area contributed by atoms with Crippen molar-refractivity contribution in [3.63, 3.8) is 0 Å². The summed E-state index contributed by atoms with van der Waals surface area (Å²) < 4.78 is 0. The van der Waals surface area contributed by atoms with Crippen molar-refractivity contribution < 1.29 is 4.79 Å². The monoisotopic (exact) mass is 289 g/mol. The van der Waals surface area contributed by atoms with Gasteiger partial charge in [0.1, 0.15) is 5.82 Å². The molecule has 0 bridgehead atoms. The molecule has 0 saturated carbocycles. The fraction of sp³-hybridized carbons (Fsp3) is 0.333. The van der Waals surface area contributed by atoms with E-state index in [0.29, 0.717) is 6.42 Å². The largest absolute Gasteiger partial charge is 0.347 e. The Hall–Kier alpha value is -1.75. The van der Waals surface area contributed by atoms with Gasteiger partial charge in [-0.1, -0.05) is 17.7 Å². The van der Waals surface area contributed by atoms with Crippen molar-refractivity contribution >= 4 is 17.7 Å². The maximum Gasteiger partial charge on any atom is 0.221 e. The molecule has 1 unspecified atom stereocenters. The maximum atomic E-state index is 11.8. The van der Waals surface area contributed by atoms with E-state index in [0.717, 1.165) is 11.6 Å². The zero-order valence-electron chi connectivity index (χ0n) is 11.7. The molecule has 0 fully saturated rings. The summed E-state index contributed by atoms with van der Waals surface area (Å²) in [6, 6.07) is 8.26. The summed E-state index contributed by atoms with van der Waals surface area (Å²) in [7, 11) is 0. The molecule has 0 radical (unpaired) electrons. The predicted octanol–water partition coefficient (Wildman–Crippen LogP) is 3.08. The highest BCUT2D eigenvalue weighted by atomic mass is 32.2. The Morgan fingerprint density at radius 2 is 2.15 bits per heavy atom. The molecule has 1 heterocycles. The number of hydrogen-bond donors (Lipinski definition) is 2. The quantitative estimate of drug-likeness (QED) is 0.803. The molecule has 0 spiro atoms. The minimum Gasteiger partial charge on any atom is -0.347 e. The van der Waals surface area contributed by atoms with Crippen LogP contribution in [0, 0.1) is 6.92 Å². The van der Waals surface area contributed by atoms with Crippen LogP contribution in [0.3, 0.4) is 0 Å². The van der Waals surface area contributed by atoms with Crippen LogP contribution in [0.1, 0.15) is 30.8 Å². The summed E-state index contributed by atoms with van der Waals surface area (Å²) in [6.07, 6.45) is 3.94. The van der Waals surface area contributed by atoms with Gasteiger partial charge in [-0.25, -0.2) is 4.98 Å². The highest BCUT2D eigenvalue weighted by Crippen LogP contribution is 2.19. The first-order valence-electron chi connectivity index (χ1n) is 6.63. The van der Waals surface area contributed by atoms with E-state index in [2.05, 4.69) is 46.5 Å². The van der Waals surface area contributed by atoms with Gasteiger partial charge in [-0.15, -0.1) is 11.8 Å². The number of carbonyl (C=O) groups excluding carboxylic acids is 1. The van der Waals surface area contributed by atoms with Crippen molar-refractivity contribution in [3.05, 3.63) is 48.0 Å². The second-order valence-corrected chi connectivity index (χ2v) is 5.84. The minimum absolute atomic E-state index is 0.0495. The average Bonchev–Trinajstić information content (AvgIpc) is 2.95. The molecule has 1 amide bonds. The van der Waals surface area contributed by atoms with Crippen LogP contribution < -0.4 is 5.32 Å². The Labute approximate surface area is 123 Å². The second kappa shape index (κ2) is 7.14. The van der Waals surface area contributed by atoms with Crippen molar-refractivity contribution in [2.45, 2.75) is 31.2 Å². The Balaban J connectivity index is 1.71. The number of H-pyrrole nitrogens is 1. The standard InChI is InChI=1S/C15H19N3OS/c1-11-3-5-13(6-4-11)20-10-7-14(19)18-12(2)15-16-8-9-17-15/h3-6,8-9,12H,7,10H2,1-2H3,(H,16,17)(H,18,19). The third-order valence-electron chi connectivity index (χ3n) is 2.93. The van der Waals surface area contributed by atoms with E-state index in [-0.39, 0.29) is 11.9 Å². The van der Waals surface area contributed by atoms with Crippen LogP contribution in [-0.4, -0.2) is 21.6 Å². The SMILES string of the molecule is Cc1ccc(SCCC(=O)NC(C)c2ncc[nH]2)cc1. The molecule has 0 aliphatic carbocycles. The molecule has 0 aliphatic heterocycles. The first-order chi connectivity index (χ1) is 9.65. The summed E-state index contributed by atoms with van der Waals surface area (Å²) in [5, 5.41) is 2.93. The number of aryl methyl sites for hydroxylation is 1. The highest BCUT2D eigenvalue weighted by Gasteiger charge is 2.10. The Bertz CT molecular complexity index is 537. The van der Waals surface area contributed by atoms with Gasteiger partial charge in [0.25, 0.3) is 0 Å². The van der Waals surface area contributed by atoms with Crippen LogP contribution in [-0.2, 0) is 4.79 Å². The van der Waals surface area contributed by atoms with Crippen LogP contribution in [0.25, 0.3) is 0 Å². The summed E-state index contributed by atoms with van der Waals surface area (Å²) in [5.74, 6) is 1.61. The van der Waals surface area contributed by atoms with Gasteiger partial charge in [0, 0.05) is 29.5 Å². The number of nitrogens with one attached hydrogen (secondary N) is 2. The lowest BCUT2D eigenvalue weighted by atomic mass is 10.2. The fourth-order valence-electron chi connectivity index (χ4n) is 1.79. The van der Waals surface area contributed by atoms with Gasteiger partial charge >= 0.3 is 0 Å². The summed E-state index contributed by atoms with van der Waals surface area (Å²) in [5.41, 5.74) is 1.25. The third kappa shape index (κ3) is 4.42. The molecule has 5 heteroatoms. The summed E-state index contributed by atoms with van der Waals surface area (Å²) in [4.78, 5) is 20.2. The maximum absolute atomic E-state index is 11.8. The number of benzene rings is 1. The van der Waals surface area contributed by atoms with E-state index in [9.17, 15) is 4.79 Å². The van der Waals surface area contributed by atoms with Gasteiger partial charge in [0.15, 0.2) is 0 Å². The van der Waals surface area contributed by atoms with Crippen molar-refractivity contribution in [3.8, 4) is 0 Å². The fourth-order valence-corrected chi connectivity index (χ4v) is 2.64. The van der Waals surface area contributed by atoms with E-state index >= 15 is 0 Å². The first-order valence-corrected chi connectivity index (χ1v) is 7.62. The molecule has 2 N–H and O–H groups in total. The van der Waals surface area contributed by atoms with Crippen molar-refractivity contribution in [1.82, 2.24) is 15.3 Å². The molecular formula is C15H19N3OS. The molecule has 2 aromatic rings. The topological polar surface area (TPSA) is 57.8 Å².